The van der Waals surface area contributed by atoms with Gasteiger partial charge in [0, 0.05) is 9.79 Å². The van der Waals surface area contributed by atoms with Crippen molar-refractivity contribution in [3.63, 3.8) is 0 Å². The molecule has 18 heavy (non-hydrogen) atoms. The van der Waals surface area contributed by atoms with Crippen LogP contribution in [0.2, 0.25) is 0 Å². The Balaban J connectivity index is 2.14. The standard InChI is InChI=1S/C14H10Cl2S2/c15-13(16)14(17-11-7-3-1-4-8-11)18-12-9-5-2-6-10-12/h1-10H. The highest BCUT2D eigenvalue weighted by Gasteiger charge is 2.07. The van der Waals surface area contributed by atoms with Crippen LogP contribution < -0.4 is 0 Å². The highest BCUT2D eigenvalue weighted by atomic mass is 35.5. The Morgan fingerprint density at radius 1 is 0.667 bits per heavy atom. The summed E-state index contributed by atoms with van der Waals surface area (Å²) in [6.07, 6.45) is 0. The fraction of sp³-hybridized carbons (Fsp3) is 0. The molecular formula is C14H10Cl2S2. The van der Waals surface area contributed by atoms with Crippen LogP contribution in [0.15, 0.2) is 79.2 Å². The number of thioether (sulfide) groups is 2. The topological polar surface area (TPSA) is 0 Å². The summed E-state index contributed by atoms with van der Waals surface area (Å²) in [5.41, 5.74) is 0. The Morgan fingerprint density at radius 3 is 1.39 bits per heavy atom. The molecule has 0 unspecified atom stereocenters. The molecule has 0 saturated carbocycles. The van der Waals surface area contributed by atoms with Crippen LogP contribution in [0.5, 0.6) is 0 Å². The summed E-state index contributed by atoms with van der Waals surface area (Å²) in [5, 5.41) is 0. The molecule has 0 saturated heterocycles. The molecule has 0 amide bonds. The molecular weight excluding hydrogens is 303 g/mol. The molecule has 0 N–H and O–H groups in total. The molecule has 0 atom stereocenters. The lowest BCUT2D eigenvalue weighted by atomic mass is 10.4. The van der Waals surface area contributed by atoms with Crippen LogP contribution in [0.4, 0.5) is 0 Å². The Morgan fingerprint density at radius 2 is 1.06 bits per heavy atom. The zero-order chi connectivity index (χ0) is 12.8. The highest BCUT2D eigenvalue weighted by molar-refractivity contribution is 8.22. The molecule has 0 aliphatic carbocycles. The molecule has 0 radical (unpaired) electrons. The first-order valence-corrected chi connectivity index (χ1v) is 7.65. The van der Waals surface area contributed by atoms with Crippen molar-refractivity contribution in [2.45, 2.75) is 9.79 Å². The van der Waals surface area contributed by atoms with Crippen molar-refractivity contribution >= 4 is 46.7 Å². The zero-order valence-corrected chi connectivity index (χ0v) is 12.5. The van der Waals surface area contributed by atoms with Crippen LogP contribution in [0, 0.1) is 0 Å². The van der Waals surface area contributed by atoms with Gasteiger partial charge >= 0.3 is 0 Å². The van der Waals surface area contributed by atoms with Crippen molar-refractivity contribution in [2.75, 3.05) is 0 Å². The Bertz CT molecular complexity index is 477. The molecule has 0 aromatic heterocycles. The Labute approximate surface area is 125 Å². The molecule has 4 heteroatoms. The third-order valence-corrected chi connectivity index (χ3v) is 5.18. The summed E-state index contributed by atoms with van der Waals surface area (Å²) in [4.78, 5) is 2.24. The maximum atomic E-state index is 5.95. The van der Waals surface area contributed by atoms with Gasteiger partial charge in [0.25, 0.3) is 0 Å². The molecule has 0 bridgehead atoms. The van der Waals surface area contributed by atoms with Crippen LogP contribution >= 0.6 is 46.7 Å². The minimum atomic E-state index is 0.303. The SMILES string of the molecule is ClC(Cl)=C(Sc1ccccc1)Sc1ccccc1. The second kappa shape index (κ2) is 7.15. The zero-order valence-electron chi connectivity index (χ0n) is 9.35. The van der Waals surface area contributed by atoms with Gasteiger partial charge in [-0.1, -0.05) is 83.1 Å². The Hall–Kier alpha value is -0.540. The van der Waals surface area contributed by atoms with Crippen molar-refractivity contribution in [1.29, 1.82) is 0 Å². The molecule has 0 heterocycles. The summed E-state index contributed by atoms with van der Waals surface area (Å²) in [6, 6.07) is 20.1. The van der Waals surface area contributed by atoms with Gasteiger partial charge in [-0.2, -0.15) is 0 Å². The summed E-state index contributed by atoms with van der Waals surface area (Å²) < 4.78 is 1.19. The third kappa shape index (κ3) is 4.29. The van der Waals surface area contributed by atoms with E-state index >= 15 is 0 Å². The van der Waals surface area contributed by atoms with Crippen LogP contribution in [0.1, 0.15) is 0 Å². The molecule has 2 aromatic carbocycles. The monoisotopic (exact) mass is 312 g/mol. The quantitative estimate of drug-likeness (QED) is 0.619. The fourth-order valence-corrected chi connectivity index (χ4v) is 3.66. The van der Waals surface area contributed by atoms with E-state index in [1.807, 2.05) is 60.7 Å². The van der Waals surface area contributed by atoms with Gasteiger partial charge < -0.3 is 0 Å². The maximum Gasteiger partial charge on any atom is 0.127 e. The van der Waals surface area contributed by atoms with E-state index in [1.165, 1.54) is 0 Å². The van der Waals surface area contributed by atoms with Gasteiger partial charge in [0.15, 0.2) is 0 Å². The first-order chi connectivity index (χ1) is 8.75. The lowest BCUT2D eigenvalue weighted by molar-refractivity contribution is 1.46. The third-order valence-electron chi connectivity index (χ3n) is 2.06. The molecule has 2 rings (SSSR count). The van der Waals surface area contributed by atoms with Crippen molar-refractivity contribution in [1.82, 2.24) is 0 Å². The predicted molar refractivity (Wildman–Crippen MR) is 83.3 cm³/mol. The summed E-state index contributed by atoms with van der Waals surface area (Å²) in [7, 11) is 0. The number of hydrogen-bond acceptors (Lipinski definition) is 2. The van der Waals surface area contributed by atoms with Gasteiger partial charge in [0.05, 0.1) is 4.24 Å². The normalized spacial score (nSPS) is 10.1. The van der Waals surface area contributed by atoms with E-state index in [-0.39, 0.29) is 0 Å². The molecule has 92 valence electrons. The van der Waals surface area contributed by atoms with E-state index in [1.54, 1.807) is 23.5 Å². The second-order valence-corrected chi connectivity index (χ2v) is 6.75. The van der Waals surface area contributed by atoms with Crippen molar-refractivity contribution < 1.29 is 0 Å². The van der Waals surface area contributed by atoms with Crippen LogP contribution in [0.3, 0.4) is 0 Å². The van der Waals surface area contributed by atoms with E-state index in [0.717, 1.165) is 14.0 Å². The van der Waals surface area contributed by atoms with Crippen molar-refractivity contribution in [2.24, 2.45) is 0 Å². The number of benzene rings is 2. The molecule has 0 aliphatic heterocycles. The fourth-order valence-electron chi connectivity index (χ4n) is 1.29. The van der Waals surface area contributed by atoms with E-state index in [9.17, 15) is 0 Å². The van der Waals surface area contributed by atoms with Crippen molar-refractivity contribution in [3.8, 4) is 0 Å². The van der Waals surface area contributed by atoms with Gasteiger partial charge in [0.2, 0.25) is 0 Å². The molecule has 0 fully saturated rings. The first kappa shape index (κ1) is 13.9. The minimum absolute atomic E-state index is 0.303. The van der Waals surface area contributed by atoms with Crippen molar-refractivity contribution in [3.05, 3.63) is 69.4 Å². The molecule has 0 aliphatic rings. The summed E-state index contributed by atoms with van der Waals surface area (Å²) in [6.45, 7) is 0. The summed E-state index contributed by atoms with van der Waals surface area (Å²) in [5.74, 6) is 0. The Kier molecular flexibility index (Phi) is 5.51. The smallest absolute Gasteiger partial charge is 0.0802 e. The molecule has 0 spiro atoms. The van der Waals surface area contributed by atoms with Crippen LogP contribution in [-0.2, 0) is 0 Å². The number of rotatable bonds is 4. The second-order valence-electron chi connectivity index (χ2n) is 3.38. The van der Waals surface area contributed by atoms with E-state index < -0.39 is 0 Å². The molecule has 0 nitrogen and oxygen atoms in total. The van der Waals surface area contributed by atoms with Gasteiger partial charge in [-0.05, 0) is 24.3 Å². The number of halogens is 2. The minimum Gasteiger partial charge on any atom is -0.0802 e. The van der Waals surface area contributed by atoms with Gasteiger partial charge in [-0.25, -0.2) is 0 Å². The van der Waals surface area contributed by atoms with Gasteiger partial charge in [-0.15, -0.1) is 0 Å². The predicted octanol–water partition coefficient (Wildman–Crippen LogP) is 6.18. The summed E-state index contributed by atoms with van der Waals surface area (Å²) >= 11 is 15.0. The lowest BCUT2D eigenvalue weighted by Gasteiger charge is -2.07. The van der Waals surface area contributed by atoms with E-state index in [4.69, 9.17) is 23.2 Å². The van der Waals surface area contributed by atoms with Gasteiger partial charge in [-0.3, -0.25) is 0 Å². The van der Waals surface area contributed by atoms with E-state index in [0.29, 0.717) is 4.49 Å². The van der Waals surface area contributed by atoms with E-state index in [2.05, 4.69) is 0 Å². The number of hydrogen-bond donors (Lipinski definition) is 0. The largest absolute Gasteiger partial charge is 0.127 e. The lowest BCUT2D eigenvalue weighted by Crippen LogP contribution is -1.76. The first-order valence-electron chi connectivity index (χ1n) is 5.27. The molecule has 2 aromatic rings. The van der Waals surface area contributed by atoms with Crippen LogP contribution in [0.25, 0.3) is 0 Å². The van der Waals surface area contributed by atoms with Gasteiger partial charge in [0.1, 0.15) is 4.49 Å². The highest BCUT2D eigenvalue weighted by Crippen LogP contribution is 2.43. The van der Waals surface area contributed by atoms with Crippen LogP contribution in [-0.4, -0.2) is 0 Å². The average molecular weight is 313 g/mol. The maximum absolute atomic E-state index is 5.95. The average Bonchev–Trinajstić information content (AvgIpc) is 2.40.